The molecule has 1 aromatic carbocycles. The highest BCUT2D eigenvalue weighted by Crippen LogP contribution is 2.24. The Bertz CT molecular complexity index is 439. The molecule has 2 N–H and O–H groups in total. The summed E-state index contributed by atoms with van der Waals surface area (Å²) in [4.78, 5) is 13.9. The first kappa shape index (κ1) is 13.2. The molecule has 1 unspecified atom stereocenters. The molecule has 0 bridgehead atoms. The maximum Gasteiger partial charge on any atom is 0.263 e. The summed E-state index contributed by atoms with van der Waals surface area (Å²) in [5.74, 6) is 0.492. The Morgan fingerprint density at radius 1 is 1.56 bits per heavy atom. The van der Waals surface area contributed by atoms with Gasteiger partial charge in [-0.3, -0.25) is 4.79 Å². The van der Waals surface area contributed by atoms with Crippen LogP contribution in [0.25, 0.3) is 0 Å². The number of nitrogens with two attached hydrogens (primary N) is 1. The van der Waals surface area contributed by atoms with Crippen LogP contribution in [0.3, 0.4) is 0 Å². The van der Waals surface area contributed by atoms with E-state index in [9.17, 15) is 4.79 Å². The minimum atomic E-state index is -0.546. The first-order chi connectivity index (χ1) is 8.58. The number of likely N-dealkylation sites (tertiary alicyclic amines) is 1. The van der Waals surface area contributed by atoms with Gasteiger partial charge in [-0.2, -0.15) is 0 Å². The summed E-state index contributed by atoms with van der Waals surface area (Å²) in [7, 11) is 0. The average molecular weight is 269 g/mol. The number of benzene rings is 1. The number of rotatable bonds is 3. The van der Waals surface area contributed by atoms with E-state index in [1.54, 1.807) is 24.0 Å². The third-order valence-corrected chi connectivity index (χ3v) is 3.34. The largest absolute Gasteiger partial charge is 0.479 e. The number of para-hydroxylation sites is 1. The topological polar surface area (TPSA) is 55.6 Å². The number of hydrogen-bond donors (Lipinski definition) is 1. The Labute approximate surface area is 112 Å². The van der Waals surface area contributed by atoms with E-state index in [0.717, 1.165) is 6.42 Å². The van der Waals surface area contributed by atoms with Gasteiger partial charge in [-0.1, -0.05) is 23.7 Å². The van der Waals surface area contributed by atoms with Crippen LogP contribution in [0.1, 0.15) is 13.3 Å². The van der Waals surface area contributed by atoms with E-state index >= 15 is 0 Å². The van der Waals surface area contributed by atoms with Crippen molar-refractivity contribution >= 4 is 17.5 Å². The van der Waals surface area contributed by atoms with Gasteiger partial charge in [-0.15, -0.1) is 0 Å². The Morgan fingerprint density at radius 2 is 2.28 bits per heavy atom. The fourth-order valence-corrected chi connectivity index (χ4v) is 2.21. The molecule has 5 heteroatoms. The summed E-state index contributed by atoms with van der Waals surface area (Å²) < 4.78 is 5.59. The van der Waals surface area contributed by atoms with E-state index in [1.165, 1.54) is 0 Å². The van der Waals surface area contributed by atoms with E-state index in [-0.39, 0.29) is 11.9 Å². The molecule has 2 rings (SSSR count). The van der Waals surface area contributed by atoms with Crippen molar-refractivity contribution in [2.75, 3.05) is 13.1 Å². The monoisotopic (exact) mass is 268 g/mol. The molecule has 1 heterocycles. The number of ether oxygens (including phenoxy) is 1. The molecule has 0 saturated carbocycles. The summed E-state index contributed by atoms with van der Waals surface area (Å²) >= 11 is 5.99. The van der Waals surface area contributed by atoms with Gasteiger partial charge in [0, 0.05) is 19.1 Å². The average Bonchev–Trinajstić information content (AvgIpc) is 2.78. The fraction of sp³-hybridized carbons (Fsp3) is 0.462. The molecule has 1 saturated heterocycles. The van der Waals surface area contributed by atoms with Crippen LogP contribution in [0.15, 0.2) is 24.3 Å². The Hall–Kier alpha value is -1.26. The normalized spacial score (nSPS) is 20.8. The van der Waals surface area contributed by atoms with Crippen molar-refractivity contribution in [2.24, 2.45) is 5.73 Å². The predicted molar refractivity (Wildman–Crippen MR) is 70.7 cm³/mol. The number of carbonyl (C=O) groups excluding carboxylic acids is 1. The zero-order valence-electron chi connectivity index (χ0n) is 10.3. The Balaban J connectivity index is 1.98. The molecule has 1 aromatic rings. The number of hydrogen-bond acceptors (Lipinski definition) is 3. The molecule has 0 radical (unpaired) electrons. The lowest BCUT2D eigenvalue weighted by atomic mass is 10.3. The van der Waals surface area contributed by atoms with Crippen molar-refractivity contribution in [2.45, 2.75) is 25.5 Å². The van der Waals surface area contributed by atoms with E-state index < -0.39 is 6.10 Å². The highest BCUT2D eigenvalue weighted by molar-refractivity contribution is 6.32. The zero-order valence-corrected chi connectivity index (χ0v) is 11.1. The zero-order chi connectivity index (χ0) is 13.1. The van der Waals surface area contributed by atoms with Gasteiger partial charge < -0.3 is 15.4 Å². The molecule has 1 aliphatic heterocycles. The third-order valence-electron chi connectivity index (χ3n) is 3.02. The van der Waals surface area contributed by atoms with Crippen LogP contribution in [0, 0.1) is 0 Å². The van der Waals surface area contributed by atoms with Crippen LogP contribution in [0.2, 0.25) is 5.02 Å². The first-order valence-electron chi connectivity index (χ1n) is 6.03. The summed E-state index contributed by atoms with van der Waals surface area (Å²) in [5.41, 5.74) is 5.78. The van der Waals surface area contributed by atoms with Crippen molar-refractivity contribution in [1.29, 1.82) is 0 Å². The van der Waals surface area contributed by atoms with E-state index in [0.29, 0.717) is 23.9 Å². The maximum atomic E-state index is 12.1. The molecule has 4 nitrogen and oxygen atoms in total. The van der Waals surface area contributed by atoms with Gasteiger partial charge in [-0.25, -0.2) is 0 Å². The van der Waals surface area contributed by atoms with Gasteiger partial charge in [0.25, 0.3) is 5.91 Å². The highest BCUT2D eigenvalue weighted by Gasteiger charge is 2.28. The number of amides is 1. The van der Waals surface area contributed by atoms with Crippen LogP contribution in [-0.4, -0.2) is 36.0 Å². The van der Waals surface area contributed by atoms with Crippen LogP contribution in [0.5, 0.6) is 5.75 Å². The number of carbonyl (C=O) groups is 1. The van der Waals surface area contributed by atoms with Crippen molar-refractivity contribution in [1.82, 2.24) is 4.90 Å². The van der Waals surface area contributed by atoms with Crippen LogP contribution >= 0.6 is 11.6 Å². The molecule has 1 aliphatic rings. The van der Waals surface area contributed by atoms with Crippen molar-refractivity contribution < 1.29 is 9.53 Å². The van der Waals surface area contributed by atoms with Gasteiger partial charge in [0.05, 0.1) is 5.02 Å². The van der Waals surface area contributed by atoms with Crippen LogP contribution in [-0.2, 0) is 4.79 Å². The molecule has 0 aromatic heterocycles. The van der Waals surface area contributed by atoms with Gasteiger partial charge in [0.2, 0.25) is 0 Å². The van der Waals surface area contributed by atoms with Crippen LogP contribution in [0.4, 0.5) is 0 Å². The maximum absolute atomic E-state index is 12.1. The quantitative estimate of drug-likeness (QED) is 0.907. The second-order valence-corrected chi connectivity index (χ2v) is 4.93. The fourth-order valence-electron chi connectivity index (χ4n) is 2.03. The van der Waals surface area contributed by atoms with Gasteiger partial charge in [-0.05, 0) is 25.5 Å². The summed E-state index contributed by atoms with van der Waals surface area (Å²) in [5, 5.41) is 0.510. The molecule has 1 fully saturated rings. The molecule has 0 spiro atoms. The second kappa shape index (κ2) is 5.59. The minimum absolute atomic E-state index is 0.0390. The SMILES string of the molecule is CC(Oc1ccccc1Cl)C(=O)N1CC[C@H](N)C1. The highest BCUT2D eigenvalue weighted by atomic mass is 35.5. The molecule has 18 heavy (non-hydrogen) atoms. The van der Waals surface area contributed by atoms with Gasteiger partial charge in [0.15, 0.2) is 6.10 Å². The van der Waals surface area contributed by atoms with Crippen molar-refractivity contribution in [3.05, 3.63) is 29.3 Å². The van der Waals surface area contributed by atoms with E-state index in [2.05, 4.69) is 0 Å². The summed E-state index contributed by atoms with van der Waals surface area (Å²) in [6, 6.07) is 7.22. The summed E-state index contributed by atoms with van der Waals surface area (Å²) in [6.45, 7) is 3.04. The molecule has 0 aliphatic carbocycles. The van der Waals surface area contributed by atoms with Crippen molar-refractivity contribution in [3.8, 4) is 5.75 Å². The number of halogens is 1. The molecule has 1 amide bonds. The third kappa shape index (κ3) is 2.94. The predicted octanol–water partition coefficient (Wildman–Crippen LogP) is 1.67. The second-order valence-electron chi connectivity index (χ2n) is 4.52. The first-order valence-corrected chi connectivity index (χ1v) is 6.41. The molecule has 2 atom stereocenters. The number of nitrogens with zero attached hydrogens (tertiary/aromatic N) is 1. The summed E-state index contributed by atoms with van der Waals surface area (Å²) in [6.07, 6.45) is 0.306. The lowest BCUT2D eigenvalue weighted by Crippen LogP contribution is -2.40. The standard InChI is InChI=1S/C13H17ClN2O2/c1-9(13(17)16-7-6-10(15)8-16)18-12-5-3-2-4-11(12)14/h2-5,9-10H,6-8,15H2,1H3/t9?,10-/m0/s1. The molecule has 98 valence electrons. The lowest BCUT2D eigenvalue weighted by Gasteiger charge is -2.21. The van der Waals surface area contributed by atoms with Gasteiger partial charge in [0.1, 0.15) is 5.75 Å². The van der Waals surface area contributed by atoms with E-state index in [4.69, 9.17) is 22.1 Å². The molecular formula is C13H17ClN2O2. The van der Waals surface area contributed by atoms with Crippen molar-refractivity contribution in [3.63, 3.8) is 0 Å². The Kier molecular flexibility index (Phi) is 4.09. The van der Waals surface area contributed by atoms with Crippen LogP contribution < -0.4 is 10.5 Å². The molecular weight excluding hydrogens is 252 g/mol. The van der Waals surface area contributed by atoms with E-state index in [1.807, 2.05) is 12.1 Å². The Morgan fingerprint density at radius 3 is 2.89 bits per heavy atom. The van der Waals surface area contributed by atoms with Gasteiger partial charge >= 0.3 is 0 Å². The minimum Gasteiger partial charge on any atom is -0.479 e. The lowest BCUT2D eigenvalue weighted by molar-refractivity contribution is -0.136. The smallest absolute Gasteiger partial charge is 0.263 e.